The Hall–Kier alpha value is -2.12. The fourth-order valence-corrected chi connectivity index (χ4v) is 3.35. The predicted molar refractivity (Wildman–Crippen MR) is 85.8 cm³/mol. The Balaban J connectivity index is 1.68. The molecule has 24 heavy (non-hydrogen) atoms. The highest BCUT2D eigenvalue weighted by Crippen LogP contribution is 2.43. The fraction of sp³-hybridized carbons (Fsp3) is 0.500. The van der Waals surface area contributed by atoms with Crippen LogP contribution in [0.4, 0.5) is 0 Å². The van der Waals surface area contributed by atoms with Crippen LogP contribution >= 0.6 is 7.37 Å². The van der Waals surface area contributed by atoms with E-state index in [1.54, 1.807) is 23.9 Å². The van der Waals surface area contributed by atoms with Crippen LogP contribution < -0.4 is 4.74 Å². The summed E-state index contributed by atoms with van der Waals surface area (Å²) in [6.07, 6.45) is 5.03. The molecule has 0 amide bonds. The number of methoxy groups -OCH3 is 1. The van der Waals surface area contributed by atoms with Crippen LogP contribution in [0.25, 0.3) is 11.2 Å². The van der Waals surface area contributed by atoms with Crippen molar-refractivity contribution in [2.24, 2.45) is 0 Å². The molecule has 2 aromatic heterocycles. The second kappa shape index (κ2) is 6.78. The van der Waals surface area contributed by atoms with Gasteiger partial charge in [-0.05, 0) is 6.92 Å². The molecule has 0 radical (unpaired) electrons. The summed E-state index contributed by atoms with van der Waals surface area (Å²) in [5, 5.41) is 0. The third-order valence-corrected chi connectivity index (χ3v) is 4.81. The first-order valence-corrected chi connectivity index (χ1v) is 9.72. The van der Waals surface area contributed by atoms with Crippen LogP contribution in [-0.4, -0.2) is 46.2 Å². The molecular formula is C14H19N4O5P. The molecule has 0 N–H and O–H groups in total. The molecule has 0 aliphatic carbocycles. The summed E-state index contributed by atoms with van der Waals surface area (Å²) in [5.41, 5.74) is 1.17. The van der Waals surface area contributed by atoms with E-state index in [0.29, 0.717) is 36.0 Å². The third-order valence-electron chi connectivity index (χ3n) is 3.41. The average molecular weight is 354 g/mol. The Morgan fingerprint density at radius 1 is 1.42 bits per heavy atom. The van der Waals surface area contributed by atoms with Crippen LogP contribution in [-0.2, 0) is 18.6 Å². The SMILES string of the molecule is CCOP(C)(=O)COC1=CCC(n2cnc3c(OC)ncnc32)O1. The quantitative estimate of drug-likeness (QED) is 0.700. The van der Waals surface area contributed by atoms with Crippen molar-refractivity contribution < 1.29 is 23.3 Å². The summed E-state index contributed by atoms with van der Waals surface area (Å²) in [6, 6.07) is 0. The minimum atomic E-state index is -2.77. The number of nitrogens with zero attached hydrogens (tertiary/aromatic N) is 4. The second-order valence-corrected chi connectivity index (χ2v) is 7.79. The van der Waals surface area contributed by atoms with Gasteiger partial charge in [0.05, 0.1) is 13.7 Å². The predicted octanol–water partition coefficient (Wildman–Crippen LogP) is 2.51. The molecule has 0 spiro atoms. The van der Waals surface area contributed by atoms with Crippen LogP contribution in [0.2, 0.25) is 0 Å². The standard InChI is InChI=1S/C14H19N4O5P/c1-4-22-24(3,19)9-21-11-6-5-10(23-11)18-8-17-12-13(18)15-7-16-14(12)20-2/h6-8,10H,4-5,9H2,1-3H3. The Kier molecular flexibility index (Phi) is 4.73. The van der Waals surface area contributed by atoms with E-state index in [4.69, 9.17) is 18.7 Å². The van der Waals surface area contributed by atoms with Crippen molar-refractivity contribution in [2.45, 2.75) is 19.6 Å². The Labute approximate surface area is 139 Å². The lowest BCUT2D eigenvalue weighted by Gasteiger charge is -2.17. The second-order valence-electron chi connectivity index (χ2n) is 5.24. The molecule has 2 aromatic rings. The molecule has 0 saturated heterocycles. The fourth-order valence-electron chi connectivity index (χ4n) is 2.37. The van der Waals surface area contributed by atoms with Gasteiger partial charge in [-0.15, -0.1) is 0 Å². The zero-order valence-corrected chi connectivity index (χ0v) is 14.6. The normalized spacial score (nSPS) is 19.6. The molecule has 0 fully saturated rings. The van der Waals surface area contributed by atoms with Crippen LogP contribution in [0.5, 0.6) is 5.88 Å². The molecular weight excluding hydrogens is 335 g/mol. The maximum Gasteiger partial charge on any atom is 0.277 e. The lowest BCUT2D eigenvalue weighted by atomic mass is 10.4. The molecule has 10 heteroatoms. The summed E-state index contributed by atoms with van der Waals surface area (Å²) in [7, 11) is -1.24. The number of aromatic nitrogens is 4. The van der Waals surface area contributed by atoms with E-state index >= 15 is 0 Å². The molecule has 9 nitrogen and oxygen atoms in total. The average Bonchev–Trinajstić information content (AvgIpc) is 3.19. The summed E-state index contributed by atoms with van der Waals surface area (Å²) >= 11 is 0. The van der Waals surface area contributed by atoms with Crippen LogP contribution in [0.15, 0.2) is 24.7 Å². The lowest BCUT2D eigenvalue weighted by molar-refractivity contribution is -0.00605. The molecule has 3 rings (SSSR count). The van der Waals surface area contributed by atoms with Crippen molar-refractivity contribution in [1.29, 1.82) is 0 Å². The van der Waals surface area contributed by atoms with E-state index in [1.165, 1.54) is 20.1 Å². The maximum atomic E-state index is 12.1. The van der Waals surface area contributed by atoms with Crippen LogP contribution in [0.3, 0.4) is 0 Å². The zero-order valence-electron chi connectivity index (χ0n) is 13.7. The third kappa shape index (κ3) is 3.37. The van der Waals surface area contributed by atoms with Gasteiger partial charge in [-0.25, -0.2) is 9.97 Å². The lowest BCUT2D eigenvalue weighted by Crippen LogP contribution is -2.09. The number of hydrogen-bond donors (Lipinski definition) is 0. The molecule has 0 aromatic carbocycles. The van der Waals surface area contributed by atoms with Gasteiger partial charge in [0, 0.05) is 19.2 Å². The summed E-state index contributed by atoms with van der Waals surface area (Å²) < 4.78 is 35.4. The van der Waals surface area contributed by atoms with Gasteiger partial charge < -0.3 is 18.7 Å². The van der Waals surface area contributed by atoms with Crippen molar-refractivity contribution in [2.75, 3.05) is 26.7 Å². The van der Waals surface area contributed by atoms with E-state index in [1.807, 2.05) is 0 Å². The van der Waals surface area contributed by atoms with Crippen molar-refractivity contribution in [1.82, 2.24) is 19.5 Å². The molecule has 2 atom stereocenters. The van der Waals surface area contributed by atoms with Gasteiger partial charge in [0.1, 0.15) is 12.7 Å². The van der Waals surface area contributed by atoms with Crippen LogP contribution in [0, 0.1) is 0 Å². The first-order valence-electron chi connectivity index (χ1n) is 7.46. The molecule has 1 aliphatic rings. The van der Waals surface area contributed by atoms with Gasteiger partial charge in [0.2, 0.25) is 13.2 Å². The van der Waals surface area contributed by atoms with Gasteiger partial charge in [0.25, 0.3) is 5.95 Å². The molecule has 1 aliphatic heterocycles. The highest BCUT2D eigenvalue weighted by molar-refractivity contribution is 7.57. The first kappa shape index (κ1) is 16.7. The molecule has 130 valence electrons. The van der Waals surface area contributed by atoms with Gasteiger partial charge in [-0.1, -0.05) is 0 Å². The topological polar surface area (TPSA) is 97.6 Å². The monoisotopic (exact) mass is 354 g/mol. The molecule has 0 bridgehead atoms. The van der Waals surface area contributed by atoms with E-state index in [0.717, 1.165) is 0 Å². The van der Waals surface area contributed by atoms with Gasteiger partial charge in [0.15, 0.2) is 23.7 Å². The van der Waals surface area contributed by atoms with Crippen LogP contribution in [0.1, 0.15) is 19.6 Å². The Bertz CT molecular complexity index is 806. The molecule has 0 saturated carbocycles. The number of ether oxygens (including phenoxy) is 3. The Morgan fingerprint density at radius 2 is 2.25 bits per heavy atom. The minimum Gasteiger partial charge on any atom is -0.479 e. The van der Waals surface area contributed by atoms with Crippen molar-refractivity contribution in [3.8, 4) is 5.88 Å². The zero-order chi connectivity index (χ0) is 17.2. The number of imidazole rings is 1. The van der Waals surface area contributed by atoms with Crippen molar-refractivity contribution >= 4 is 18.5 Å². The summed E-state index contributed by atoms with van der Waals surface area (Å²) in [6.45, 7) is 3.70. The first-order chi connectivity index (χ1) is 11.5. The Morgan fingerprint density at radius 3 is 3.00 bits per heavy atom. The van der Waals surface area contributed by atoms with E-state index in [-0.39, 0.29) is 12.6 Å². The van der Waals surface area contributed by atoms with Gasteiger partial charge in [-0.2, -0.15) is 4.98 Å². The number of rotatable bonds is 7. The van der Waals surface area contributed by atoms with E-state index in [9.17, 15) is 4.57 Å². The van der Waals surface area contributed by atoms with Crippen molar-refractivity contribution in [3.05, 3.63) is 24.7 Å². The number of hydrogen-bond acceptors (Lipinski definition) is 8. The summed E-state index contributed by atoms with van der Waals surface area (Å²) in [4.78, 5) is 12.5. The van der Waals surface area contributed by atoms with E-state index < -0.39 is 7.37 Å². The van der Waals surface area contributed by atoms with E-state index in [2.05, 4.69) is 15.0 Å². The smallest absolute Gasteiger partial charge is 0.277 e. The van der Waals surface area contributed by atoms with Crippen molar-refractivity contribution in [3.63, 3.8) is 0 Å². The highest BCUT2D eigenvalue weighted by atomic mass is 31.2. The molecule has 2 unspecified atom stereocenters. The van der Waals surface area contributed by atoms with Gasteiger partial charge in [-0.3, -0.25) is 9.13 Å². The van der Waals surface area contributed by atoms with Gasteiger partial charge >= 0.3 is 0 Å². The maximum absolute atomic E-state index is 12.1. The highest BCUT2D eigenvalue weighted by Gasteiger charge is 2.26. The summed E-state index contributed by atoms with van der Waals surface area (Å²) in [5.74, 6) is 0.731. The number of fused-ring (bicyclic) bond motifs is 1. The largest absolute Gasteiger partial charge is 0.479 e. The molecule has 3 heterocycles. The minimum absolute atomic E-state index is 0.0277.